The molecule has 2 nitrogen and oxygen atoms in total. The van der Waals surface area contributed by atoms with Crippen LogP contribution in [0.15, 0.2) is 24.3 Å². The Kier molecular flexibility index (Phi) is 4.10. The van der Waals surface area contributed by atoms with Crippen LogP contribution in [0.25, 0.3) is 0 Å². The molecule has 0 N–H and O–H groups in total. The van der Waals surface area contributed by atoms with Gasteiger partial charge in [-0.2, -0.15) is 0 Å². The van der Waals surface area contributed by atoms with E-state index in [4.69, 9.17) is 0 Å². The van der Waals surface area contributed by atoms with Gasteiger partial charge in [0.15, 0.2) is 5.78 Å². The average molecular weight is 259 g/mol. The molecule has 0 radical (unpaired) electrons. The fraction of sp³-hybridized carbons (Fsp3) is 0.588. The van der Waals surface area contributed by atoms with E-state index < -0.39 is 0 Å². The van der Waals surface area contributed by atoms with Crippen LogP contribution >= 0.6 is 0 Å². The lowest BCUT2D eigenvalue weighted by Gasteiger charge is -2.40. The molecule has 1 aliphatic rings. The first-order valence-electron chi connectivity index (χ1n) is 7.24. The quantitative estimate of drug-likeness (QED) is 0.772. The summed E-state index contributed by atoms with van der Waals surface area (Å²) in [4.78, 5) is 14.9. The van der Waals surface area contributed by atoms with Crippen LogP contribution in [-0.4, -0.2) is 29.8 Å². The molecule has 0 spiro atoms. The van der Waals surface area contributed by atoms with E-state index in [1.54, 1.807) is 0 Å². The molecular formula is C17H25NO. The minimum Gasteiger partial charge on any atom is -0.293 e. The highest BCUT2D eigenvalue weighted by atomic mass is 16.1. The predicted molar refractivity (Wildman–Crippen MR) is 79.6 cm³/mol. The van der Waals surface area contributed by atoms with Gasteiger partial charge in [-0.3, -0.25) is 9.69 Å². The first kappa shape index (κ1) is 14.3. The number of hydrogen-bond donors (Lipinski definition) is 0. The highest BCUT2D eigenvalue weighted by molar-refractivity contribution is 5.99. The molecule has 2 rings (SSSR count). The number of ketones is 1. The Morgan fingerprint density at radius 3 is 2.47 bits per heavy atom. The molecule has 1 atom stereocenters. The number of hydrogen-bond acceptors (Lipinski definition) is 2. The lowest BCUT2D eigenvalue weighted by molar-refractivity contribution is 0.0626. The molecule has 0 saturated carbocycles. The van der Waals surface area contributed by atoms with E-state index in [9.17, 15) is 4.79 Å². The van der Waals surface area contributed by atoms with Gasteiger partial charge in [-0.1, -0.05) is 43.7 Å². The van der Waals surface area contributed by atoms with Gasteiger partial charge in [0.25, 0.3) is 0 Å². The molecule has 1 aromatic rings. The molecule has 1 aliphatic heterocycles. The van der Waals surface area contributed by atoms with E-state index in [2.05, 4.69) is 18.7 Å². The van der Waals surface area contributed by atoms with Gasteiger partial charge in [0.1, 0.15) is 0 Å². The van der Waals surface area contributed by atoms with Crippen molar-refractivity contribution in [3.63, 3.8) is 0 Å². The van der Waals surface area contributed by atoms with Gasteiger partial charge < -0.3 is 0 Å². The molecule has 2 heteroatoms. The monoisotopic (exact) mass is 259 g/mol. The van der Waals surface area contributed by atoms with Crippen molar-refractivity contribution in [1.82, 2.24) is 4.90 Å². The van der Waals surface area contributed by atoms with Crippen LogP contribution in [0.2, 0.25) is 0 Å². The number of nitrogens with zero attached hydrogens (tertiary/aromatic N) is 1. The largest absolute Gasteiger partial charge is 0.293 e. The molecule has 0 amide bonds. The summed E-state index contributed by atoms with van der Waals surface area (Å²) >= 11 is 0. The molecule has 1 saturated heterocycles. The number of rotatable bonds is 3. The number of benzene rings is 1. The van der Waals surface area contributed by atoms with Gasteiger partial charge in [-0.05, 0) is 38.6 Å². The van der Waals surface area contributed by atoms with Crippen molar-refractivity contribution in [3.05, 3.63) is 35.4 Å². The first-order chi connectivity index (χ1) is 8.89. The van der Waals surface area contributed by atoms with Crippen molar-refractivity contribution >= 4 is 5.78 Å². The van der Waals surface area contributed by atoms with Gasteiger partial charge in [-0.25, -0.2) is 0 Å². The lowest BCUT2D eigenvalue weighted by atomic mass is 9.83. The summed E-state index contributed by atoms with van der Waals surface area (Å²) in [5.41, 5.74) is 2.37. The van der Waals surface area contributed by atoms with Crippen LogP contribution in [0.4, 0.5) is 0 Å². The summed E-state index contributed by atoms with van der Waals surface area (Å²) < 4.78 is 0. The zero-order valence-corrected chi connectivity index (χ0v) is 12.6. The Hall–Kier alpha value is -1.15. The SMILES string of the molecule is Cc1ccc(C(=O)C(C)N2CCCC(C)(C)C2)cc1. The Labute approximate surface area is 116 Å². The Morgan fingerprint density at radius 2 is 1.89 bits per heavy atom. The van der Waals surface area contributed by atoms with Crippen molar-refractivity contribution in [1.29, 1.82) is 0 Å². The normalized spacial score (nSPS) is 21.1. The summed E-state index contributed by atoms with van der Waals surface area (Å²) in [5.74, 6) is 0.248. The summed E-state index contributed by atoms with van der Waals surface area (Å²) in [6.45, 7) is 10.7. The van der Waals surface area contributed by atoms with E-state index in [0.717, 1.165) is 18.7 Å². The molecule has 1 heterocycles. The number of likely N-dealkylation sites (tertiary alicyclic amines) is 1. The second-order valence-corrected chi connectivity index (χ2v) is 6.64. The number of aryl methyl sites for hydroxylation is 1. The van der Waals surface area contributed by atoms with Gasteiger partial charge >= 0.3 is 0 Å². The second-order valence-electron chi connectivity index (χ2n) is 6.64. The third-order valence-electron chi connectivity index (χ3n) is 4.19. The van der Waals surface area contributed by atoms with Gasteiger partial charge in [0, 0.05) is 12.1 Å². The van der Waals surface area contributed by atoms with E-state index in [-0.39, 0.29) is 11.8 Å². The van der Waals surface area contributed by atoms with E-state index >= 15 is 0 Å². The fourth-order valence-electron chi connectivity index (χ4n) is 2.92. The van der Waals surface area contributed by atoms with Crippen molar-refractivity contribution < 1.29 is 4.79 Å². The summed E-state index contributed by atoms with van der Waals surface area (Å²) in [6.07, 6.45) is 2.45. The summed E-state index contributed by atoms with van der Waals surface area (Å²) in [6, 6.07) is 7.91. The highest BCUT2D eigenvalue weighted by Gasteiger charge is 2.31. The van der Waals surface area contributed by atoms with Crippen LogP contribution in [0.3, 0.4) is 0 Å². The van der Waals surface area contributed by atoms with Crippen molar-refractivity contribution in [2.75, 3.05) is 13.1 Å². The van der Waals surface area contributed by atoms with Crippen LogP contribution in [-0.2, 0) is 0 Å². The predicted octanol–water partition coefficient (Wildman–Crippen LogP) is 3.69. The highest BCUT2D eigenvalue weighted by Crippen LogP contribution is 2.30. The first-order valence-corrected chi connectivity index (χ1v) is 7.24. The number of Topliss-reactive ketones (excluding diaryl/α,β-unsaturated/α-hetero) is 1. The zero-order valence-electron chi connectivity index (χ0n) is 12.6. The Balaban J connectivity index is 2.08. The Morgan fingerprint density at radius 1 is 1.26 bits per heavy atom. The smallest absolute Gasteiger partial charge is 0.179 e. The zero-order chi connectivity index (χ0) is 14.0. The molecule has 0 bridgehead atoms. The molecule has 0 aromatic heterocycles. The molecule has 1 unspecified atom stereocenters. The van der Waals surface area contributed by atoms with E-state index in [1.165, 1.54) is 18.4 Å². The van der Waals surface area contributed by atoms with E-state index in [1.807, 2.05) is 38.1 Å². The number of piperidine rings is 1. The molecule has 0 aliphatic carbocycles. The maximum Gasteiger partial charge on any atom is 0.179 e. The minimum absolute atomic E-state index is 0.0118. The standard InChI is InChI=1S/C17H25NO/c1-13-6-8-15(9-7-13)16(19)14(2)18-11-5-10-17(3,4)12-18/h6-9,14H,5,10-12H2,1-4H3. The lowest BCUT2D eigenvalue weighted by Crippen LogP contribution is -2.47. The maximum absolute atomic E-state index is 12.5. The third-order valence-corrected chi connectivity index (χ3v) is 4.19. The Bertz CT molecular complexity index is 447. The topological polar surface area (TPSA) is 20.3 Å². The van der Waals surface area contributed by atoms with Crippen molar-refractivity contribution in [2.45, 2.75) is 46.6 Å². The van der Waals surface area contributed by atoms with Crippen LogP contribution in [0.1, 0.15) is 49.5 Å². The second kappa shape index (κ2) is 5.46. The van der Waals surface area contributed by atoms with Crippen molar-refractivity contribution in [2.24, 2.45) is 5.41 Å². The van der Waals surface area contributed by atoms with Gasteiger partial charge in [0.05, 0.1) is 6.04 Å². The molecule has 104 valence electrons. The molecule has 1 aromatic carbocycles. The van der Waals surface area contributed by atoms with Crippen LogP contribution in [0, 0.1) is 12.3 Å². The fourth-order valence-corrected chi connectivity index (χ4v) is 2.92. The number of carbonyl (C=O) groups excluding carboxylic acids is 1. The number of carbonyl (C=O) groups is 1. The summed E-state index contributed by atoms with van der Waals surface area (Å²) in [5, 5.41) is 0. The van der Waals surface area contributed by atoms with Crippen LogP contribution < -0.4 is 0 Å². The molecular weight excluding hydrogens is 234 g/mol. The van der Waals surface area contributed by atoms with Gasteiger partial charge in [-0.15, -0.1) is 0 Å². The van der Waals surface area contributed by atoms with Gasteiger partial charge in [0.2, 0.25) is 0 Å². The average Bonchev–Trinajstić information content (AvgIpc) is 2.37. The third kappa shape index (κ3) is 3.44. The van der Waals surface area contributed by atoms with Crippen molar-refractivity contribution in [3.8, 4) is 0 Å². The summed E-state index contributed by atoms with van der Waals surface area (Å²) in [7, 11) is 0. The van der Waals surface area contributed by atoms with Crippen LogP contribution in [0.5, 0.6) is 0 Å². The minimum atomic E-state index is -0.0118. The molecule has 19 heavy (non-hydrogen) atoms. The van der Waals surface area contributed by atoms with E-state index in [0.29, 0.717) is 5.41 Å². The maximum atomic E-state index is 12.5. The molecule has 1 fully saturated rings.